The first-order chi connectivity index (χ1) is 5.52. The highest BCUT2D eigenvalue weighted by Crippen LogP contribution is 2.29. The van der Waals surface area contributed by atoms with E-state index >= 15 is 0 Å². The third kappa shape index (κ3) is 3.07. The van der Waals surface area contributed by atoms with E-state index in [9.17, 15) is 4.79 Å². The molecule has 0 bridgehead atoms. The summed E-state index contributed by atoms with van der Waals surface area (Å²) < 4.78 is 3.55. The number of carbonyl (C=O) groups excluding carboxylic acids is 1. The van der Waals surface area contributed by atoms with Crippen LogP contribution in [-0.4, -0.2) is 15.7 Å². The number of halogens is 3. The predicted molar refractivity (Wildman–Crippen MR) is 61.3 cm³/mol. The molecule has 74 valence electrons. The second-order valence-corrected chi connectivity index (χ2v) is 4.31. The van der Waals surface area contributed by atoms with E-state index in [2.05, 4.69) is 52.9 Å². The summed E-state index contributed by atoms with van der Waals surface area (Å²) in [5.41, 5.74) is 5.00. The molecule has 7 heteroatoms. The summed E-state index contributed by atoms with van der Waals surface area (Å²) in [5.74, 6) is -0.432. The zero-order valence-electron chi connectivity index (χ0n) is 5.72. The lowest BCUT2D eigenvalue weighted by molar-refractivity contribution is -0.118. The average molecular weight is 378 g/mol. The van der Waals surface area contributed by atoms with Crippen LogP contribution in [0.4, 0.5) is 0 Å². The first-order valence-electron chi connectivity index (χ1n) is 2.88. The van der Waals surface area contributed by atoms with E-state index in [0.717, 1.165) is 4.47 Å². The highest BCUT2D eigenvalue weighted by atomic mass is 79.9. The molecule has 0 saturated carbocycles. The van der Waals surface area contributed by atoms with Crippen LogP contribution >= 0.6 is 47.8 Å². The fourth-order valence-corrected chi connectivity index (χ4v) is 1.97. The number of carbonyl (C=O) groups is 1. The van der Waals surface area contributed by atoms with Crippen LogP contribution in [0.25, 0.3) is 0 Å². The molecule has 2 N–H and O–H groups in total. The Kier molecular flexibility index (Phi) is 5.16. The van der Waals surface area contributed by atoms with Gasteiger partial charge < -0.3 is 5.73 Å². The van der Waals surface area contributed by atoms with Crippen LogP contribution in [0.1, 0.15) is 7.43 Å². The fourth-order valence-electron chi connectivity index (χ4n) is 0.645. The summed E-state index contributed by atoms with van der Waals surface area (Å²) in [4.78, 5) is 10.6. The van der Waals surface area contributed by atoms with Gasteiger partial charge in [0.15, 0.2) is 0 Å². The minimum absolute atomic E-state index is 0. The van der Waals surface area contributed by atoms with Crippen LogP contribution in [0.2, 0.25) is 0 Å². The van der Waals surface area contributed by atoms with Gasteiger partial charge >= 0.3 is 0 Å². The van der Waals surface area contributed by atoms with E-state index in [1.54, 1.807) is 0 Å². The van der Waals surface area contributed by atoms with E-state index in [-0.39, 0.29) is 14.0 Å². The van der Waals surface area contributed by atoms with Crippen molar-refractivity contribution < 1.29 is 4.79 Å². The van der Waals surface area contributed by atoms with Crippen LogP contribution in [0, 0.1) is 0 Å². The molecule has 0 atom stereocenters. The fraction of sp³-hybridized carbons (Fsp3) is 0.333. The smallest absolute Gasteiger partial charge is 0.239 e. The van der Waals surface area contributed by atoms with Gasteiger partial charge in [-0.15, -0.1) is 0 Å². The Morgan fingerprint density at radius 1 is 1.46 bits per heavy atom. The maximum absolute atomic E-state index is 10.6. The summed E-state index contributed by atoms with van der Waals surface area (Å²) >= 11 is 9.70. The molecular formula is C6H8Br3N3O. The third-order valence-corrected chi connectivity index (χ3v) is 4.28. The predicted octanol–water partition coefficient (Wildman–Crippen LogP) is 2.29. The lowest BCUT2D eigenvalue weighted by atomic mass is 10.6. The molecule has 0 spiro atoms. The van der Waals surface area contributed by atoms with E-state index in [0.29, 0.717) is 9.21 Å². The largest absolute Gasteiger partial charge is 0.368 e. The van der Waals surface area contributed by atoms with Crippen molar-refractivity contribution in [3.63, 3.8) is 0 Å². The van der Waals surface area contributed by atoms with Crippen molar-refractivity contribution in [1.29, 1.82) is 0 Å². The summed E-state index contributed by atoms with van der Waals surface area (Å²) in [5, 5.41) is 3.99. The Hall–Kier alpha value is 0.120. The lowest BCUT2D eigenvalue weighted by Crippen LogP contribution is -2.19. The summed E-state index contributed by atoms with van der Waals surface area (Å²) in [7, 11) is 0. The first-order valence-corrected chi connectivity index (χ1v) is 5.26. The van der Waals surface area contributed by atoms with Gasteiger partial charge in [-0.1, -0.05) is 7.43 Å². The molecule has 1 rings (SSSR count). The van der Waals surface area contributed by atoms with Crippen molar-refractivity contribution in [1.82, 2.24) is 9.78 Å². The van der Waals surface area contributed by atoms with Crippen molar-refractivity contribution >= 4 is 53.7 Å². The van der Waals surface area contributed by atoms with Gasteiger partial charge in [0.25, 0.3) is 0 Å². The Morgan fingerprint density at radius 2 is 2.00 bits per heavy atom. The molecular weight excluding hydrogens is 370 g/mol. The normalized spacial score (nSPS) is 9.46. The van der Waals surface area contributed by atoms with Gasteiger partial charge in [0, 0.05) is 0 Å². The van der Waals surface area contributed by atoms with Crippen LogP contribution < -0.4 is 5.73 Å². The molecule has 13 heavy (non-hydrogen) atoms. The standard InChI is InChI=1S/C5H4Br3N3O.CH4/c6-3-4(7)10-11(5(3)8)1-2(9)12;/h1H2,(H2,9,12);1H4. The summed E-state index contributed by atoms with van der Waals surface area (Å²) in [6.45, 7) is 0.0603. The molecule has 1 heterocycles. The second-order valence-electron chi connectivity index (χ2n) is 2.02. The van der Waals surface area contributed by atoms with Gasteiger partial charge in [0.1, 0.15) is 15.8 Å². The van der Waals surface area contributed by atoms with E-state index < -0.39 is 5.91 Å². The number of hydrogen-bond acceptors (Lipinski definition) is 2. The van der Waals surface area contributed by atoms with Crippen molar-refractivity contribution in [2.75, 3.05) is 0 Å². The van der Waals surface area contributed by atoms with Crippen molar-refractivity contribution in [2.45, 2.75) is 14.0 Å². The maximum atomic E-state index is 10.6. The van der Waals surface area contributed by atoms with Gasteiger partial charge in [-0.05, 0) is 47.8 Å². The van der Waals surface area contributed by atoms with Crippen molar-refractivity contribution in [3.8, 4) is 0 Å². The minimum Gasteiger partial charge on any atom is -0.368 e. The molecule has 0 aliphatic carbocycles. The number of amides is 1. The molecule has 0 radical (unpaired) electrons. The monoisotopic (exact) mass is 375 g/mol. The van der Waals surface area contributed by atoms with E-state index in [1.165, 1.54) is 4.68 Å². The number of primary amides is 1. The Bertz CT molecular complexity index is 323. The number of aromatic nitrogens is 2. The molecule has 0 aliphatic rings. The molecule has 1 amide bonds. The van der Waals surface area contributed by atoms with Gasteiger partial charge in [-0.2, -0.15) is 5.10 Å². The number of nitrogens with zero attached hydrogens (tertiary/aromatic N) is 2. The van der Waals surface area contributed by atoms with E-state index in [1.807, 2.05) is 0 Å². The molecule has 1 aromatic rings. The third-order valence-electron chi connectivity index (χ3n) is 1.10. The SMILES string of the molecule is C.NC(=O)Cn1nc(Br)c(Br)c1Br. The van der Waals surface area contributed by atoms with Crippen LogP contribution in [0.3, 0.4) is 0 Å². The van der Waals surface area contributed by atoms with Crippen LogP contribution in [0.5, 0.6) is 0 Å². The van der Waals surface area contributed by atoms with Gasteiger partial charge in [-0.3, -0.25) is 4.79 Å². The highest BCUT2D eigenvalue weighted by molar-refractivity contribution is 9.14. The van der Waals surface area contributed by atoms with Crippen molar-refractivity contribution in [3.05, 3.63) is 13.7 Å². The molecule has 0 saturated heterocycles. The van der Waals surface area contributed by atoms with Crippen LogP contribution in [-0.2, 0) is 11.3 Å². The summed E-state index contributed by atoms with van der Waals surface area (Å²) in [6, 6.07) is 0. The zero-order valence-corrected chi connectivity index (χ0v) is 10.5. The number of hydrogen-bond donors (Lipinski definition) is 1. The highest BCUT2D eigenvalue weighted by Gasteiger charge is 2.12. The Balaban J connectivity index is 0.00000144. The second kappa shape index (κ2) is 5.11. The summed E-state index contributed by atoms with van der Waals surface area (Å²) in [6.07, 6.45) is 0. The maximum Gasteiger partial charge on any atom is 0.239 e. The quantitative estimate of drug-likeness (QED) is 0.859. The minimum atomic E-state index is -0.432. The van der Waals surface area contributed by atoms with Gasteiger partial charge in [-0.25, -0.2) is 4.68 Å². The zero-order chi connectivity index (χ0) is 9.30. The Labute approximate surface area is 101 Å². The van der Waals surface area contributed by atoms with Crippen molar-refractivity contribution in [2.24, 2.45) is 5.73 Å². The number of nitrogens with two attached hydrogens (primary N) is 1. The molecule has 0 aliphatic heterocycles. The molecule has 4 nitrogen and oxygen atoms in total. The molecule has 0 unspecified atom stereocenters. The molecule has 1 aromatic heterocycles. The molecule has 0 aromatic carbocycles. The Morgan fingerprint density at radius 3 is 2.31 bits per heavy atom. The van der Waals surface area contributed by atoms with Gasteiger partial charge in [0.2, 0.25) is 5.91 Å². The van der Waals surface area contributed by atoms with Gasteiger partial charge in [0.05, 0.1) is 4.47 Å². The lowest BCUT2D eigenvalue weighted by Gasteiger charge is -1.97. The van der Waals surface area contributed by atoms with E-state index in [4.69, 9.17) is 5.73 Å². The first kappa shape index (κ1) is 13.1. The van der Waals surface area contributed by atoms with Crippen LogP contribution in [0.15, 0.2) is 13.7 Å². The average Bonchev–Trinajstić information content (AvgIpc) is 2.17. The molecule has 0 fully saturated rings. The topological polar surface area (TPSA) is 60.9 Å². The number of rotatable bonds is 2.